The molecule has 0 unspecified atom stereocenters. The minimum atomic E-state index is -4.77. The Labute approximate surface area is 249 Å². The third-order valence-electron chi connectivity index (χ3n) is 6.52. The number of nitrogens with one attached hydrogen (secondary N) is 1. The third kappa shape index (κ3) is 6.83. The Morgan fingerprint density at radius 1 is 1.23 bits per heavy atom. The smallest absolute Gasteiger partial charge is 0.459 e. The molecular weight excluding hydrogens is 617 g/mol. The van der Waals surface area contributed by atoms with E-state index in [-0.39, 0.29) is 16.6 Å². The lowest BCUT2D eigenvalue weighted by atomic mass is 9.96. The Balaban J connectivity index is 1.69. The number of ether oxygens (including phenoxy) is 2. The summed E-state index contributed by atoms with van der Waals surface area (Å²) in [7, 11) is -4.77. The van der Waals surface area contributed by atoms with Crippen molar-refractivity contribution in [2.75, 3.05) is 12.3 Å². The third-order valence-corrected chi connectivity index (χ3v) is 8.42. The predicted molar refractivity (Wildman–Crippen MR) is 151 cm³/mol. The molecule has 1 aliphatic heterocycles. The van der Waals surface area contributed by atoms with E-state index >= 15 is 0 Å². The normalized spacial score (nSPS) is 24.3. The van der Waals surface area contributed by atoms with Gasteiger partial charge in [0.1, 0.15) is 29.8 Å². The summed E-state index contributed by atoms with van der Waals surface area (Å²) in [5.74, 6) is -1.19. The van der Waals surface area contributed by atoms with Gasteiger partial charge < -0.3 is 29.9 Å². The van der Waals surface area contributed by atoms with Crippen molar-refractivity contribution in [3.8, 4) is 5.75 Å². The molecule has 0 spiro atoms. The van der Waals surface area contributed by atoms with E-state index in [0.29, 0.717) is 15.3 Å². The van der Waals surface area contributed by atoms with E-state index in [1.165, 1.54) is 13.0 Å². The molecule has 1 saturated heterocycles. The van der Waals surface area contributed by atoms with Crippen LogP contribution in [0.3, 0.4) is 0 Å². The number of aliphatic hydroxyl groups is 2. The maximum atomic E-state index is 14.6. The number of anilines is 1. The number of hydrogen-bond donors (Lipinski definition) is 4. The molecule has 13 nitrogen and oxygen atoms in total. The van der Waals surface area contributed by atoms with Crippen molar-refractivity contribution in [1.82, 2.24) is 14.6 Å². The average Bonchev–Trinajstić information content (AvgIpc) is 3.20. The van der Waals surface area contributed by atoms with Crippen LogP contribution < -0.4 is 21.0 Å². The van der Waals surface area contributed by atoms with Crippen molar-refractivity contribution < 1.29 is 46.9 Å². The van der Waals surface area contributed by atoms with Crippen molar-refractivity contribution in [3.05, 3.63) is 64.2 Å². The summed E-state index contributed by atoms with van der Waals surface area (Å²) in [6.07, 6.45) is -9.62. The van der Waals surface area contributed by atoms with Gasteiger partial charge in [0.15, 0.2) is 11.8 Å². The van der Waals surface area contributed by atoms with Gasteiger partial charge in [-0.05, 0) is 32.2 Å². The molecule has 0 aliphatic carbocycles. The summed E-state index contributed by atoms with van der Waals surface area (Å²) in [6.45, 7) is 3.14. The van der Waals surface area contributed by atoms with E-state index in [2.05, 4.69) is 10.1 Å². The van der Waals surface area contributed by atoms with E-state index in [0.717, 1.165) is 6.20 Å². The monoisotopic (exact) mass is 646 g/mol. The summed E-state index contributed by atoms with van der Waals surface area (Å²) >= 11 is 5.91. The second-order valence-corrected chi connectivity index (χ2v) is 12.1. The standard InChI is InChI=1S/C26H30ClF2N4O9P/c1-13(2)40-23(36)14(3)32-43(38,42-18-10-6-8-15-7-4-5-9-16(15)18)39-12-26(24(28)29)20(35)19(34)22(41-26)33-11-17(27)21(30)31-25(33)37/h4-11,13-14,19-20,22,24,34-35H,12H2,1-3H3,(H,32,38)(H2,30,31,37)/t14-,19+,20-,22+,26+,43-/m0/s1. The van der Waals surface area contributed by atoms with Gasteiger partial charge in [-0.3, -0.25) is 13.9 Å². The fraction of sp³-hybridized carbons (Fsp3) is 0.423. The average molecular weight is 647 g/mol. The molecule has 1 fully saturated rings. The maximum Gasteiger partial charge on any atom is 0.459 e. The van der Waals surface area contributed by atoms with E-state index < -0.39 is 68.6 Å². The van der Waals surface area contributed by atoms with E-state index in [1.54, 1.807) is 50.2 Å². The van der Waals surface area contributed by atoms with Crippen LogP contribution in [-0.4, -0.2) is 68.7 Å². The van der Waals surface area contributed by atoms with Gasteiger partial charge >= 0.3 is 19.4 Å². The number of benzene rings is 2. The first-order chi connectivity index (χ1) is 20.2. The molecule has 0 amide bonds. The molecule has 6 atom stereocenters. The molecule has 0 bridgehead atoms. The van der Waals surface area contributed by atoms with Gasteiger partial charge in [-0.1, -0.05) is 48.0 Å². The van der Waals surface area contributed by atoms with Crippen molar-refractivity contribution in [2.24, 2.45) is 0 Å². The van der Waals surface area contributed by atoms with Crippen LogP contribution in [0, 0.1) is 0 Å². The molecule has 3 aromatic rings. The number of nitrogen functional groups attached to an aromatic ring is 1. The first-order valence-corrected chi connectivity index (χ1v) is 14.9. The highest BCUT2D eigenvalue weighted by atomic mass is 35.5. The number of aromatic nitrogens is 2. The Bertz CT molecular complexity index is 1590. The van der Waals surface area contributed by atoms with Crippen LogP contribution in [0.2, 0.25) is 5.02 Å². The van der Waals surface area contributed by atoms with Crippen LogP contribution in [0.25, 0.3) is 10.8 Å². The number of carbonyl (C=O) groups excluding carboxylic acids is 1. The molecule has 0 radical (unpaired) electrons. The zero-order valence-corrected chi connectivity index (χ0v) is 24.7. The van der Waals surface area contributed by atoms with Gasteiger partial charge in [0, 0.05) is 11.6 Å². The Morgan fingerprint density at radius 2 is 1.91 bits per heavy atom. The summed E-state index contributed by atoms with van der Waals surface area (Å²) < 4.78 is 65.6. The van der Waals surface area contributed by atoms with Gasteiger partial charge in [-0.15, -0.1) is 0 Å². The molecule has 1 aliphatic rings. The maximum absolute atomic E-state index is 14.6. The largest absolute Gasteiger partial charge is 0.462 e. The Kier molecular flexibility index (Phi) is 9.76. The lowest BCUT2D eigenvalue weighted by molar-refractivity contribution is -0.192. The number of halogens is 3. The SMILES string of the molecule is CC(C)OC(=O)[C@H](C)N[P@](=O)(OC[C@@]1(C(F)F)O[C@@H](n2cc(Cl)c(N)nc2=O)[C@H](O)[C@@H]1O)Oc1cccc2ccccc12. The lowest BCUT2D eigenvalue weighted by Gasteiger charge is -2.32. The second-order valence-electron chi connectivity index (χ2n) is 10.0. The quantitative estimate of drug-likeness (QED) is 0.177. The zero-order valence-electron chi connectivity index (χ0n) is 23.1. The van der Waals surface area contributed by atoms with Gasteiger partial charge in [0.2, 0.25) is 0 Å². The number of rotatable bonds is 11. The van der Waals surface area contributed by atoms with Crippen molar-refractivity contribution in [2.45, 2.75) is 63.4 Å². The van der Waals surface area contributed by atoms with Crippen molar-refractivity contribution >= 4 is 41.9 Å². The van der Waals surface area contributed by atoms with Crippen molar-refractivity contribution in [1.29, 1.82) is 0 Å². The molecular formula is C26H30ClF2N4O9P. The van der Waals surface area contributed by atoms with Crippen LogP contribution in [0.5, 0.6) is 5.75 Å². The predicted octanol–water partition coefficient (Wildman–Crippen LogP) is 3.02. The Hall–Kier alpha value is -3.17. The zero-order chi connectivity index (χ0) is 31.7. The lowest BCUT2D eigenvalue weighted by Crippen LogP contribution is -2.53. The highest BCUT2D eigenvalue weighted by Crippen LogP contribution is 2.50. The van der Waals surface area contributed by atoms with E-state index in [9.17, 15) is 33.1 Å². The van der Waals surface area contributed by atoms with Gasteiger partial charge in [-0.25, -0.2) is 18.1 Å². The van der Waals surface area contributed by atoms with Gasteiger partial charge in [0.25, 0.3) is 6.43 Å². The number of nitrogens with two attached hydrogens (primary N) is 1. The van der Waals surface area contributed by atoms with Crippen LogP contribution >= 0.6 is 19.3 Å². The van der Waals surface area contributed by atoms with Gasteiger partial charge in [-0.2, -0.15) is 10.1 Å². The summed E-state index contributed by atoms with van der Waals surface area (Å²) in [5, 5.41) is 24.7. The molecule has 17 heteroatoms. The summed E-state index contributed by atoms with van der Waals surface area (Å²) in [4.78, 5) is 28.4. The summed E-state index contributed by atoms with van der Waals surface area (Å²) in [6, 6.07) is 10.3. The van der Waals surface area contributed by atoms with Crippen molar-refractivity contribution in [3.63, 3.8) is 0 Å². The highest BCUT2D eigenvalue weighted by molar-refractivity contribution is 7.52. The molecule has 2 heterocycles. The molecule has 1 aromatic heterocycles. The fourth-order valence-electron chi connectivity index (χ4n) is 4.34. The number of hydrogen-bond acceptors (Lipinski definition) is 11. The highest BCUT2D eigenvalue weighted by Gasteiger charge is 2.61. The molecule has 43 heavy (non-hydrogen) atoms. The summed E-state index contributed by atoms with van der Waals surface area (Å²) in [5.41, 5.74) is 1.34. The van der Waals surface area contributed by atoms with E-state index in [1.807, 2.05) is 0 Å². The first kappa shape index (κ1) is 32.7. The van der Waals surface area contributed by atoms with Crippen LogP contribution in [0.15, 0.2) is 53.5 Å². The second kappa shape index (κ2) is 12.8. The van der Waals surface area contributed by atoms with E-state index in [4.69, 9.17) is 35.9 Å². The fourth-order valence-corrected chi connectivity index (χ4v) is 6.04. The number of alkyl halides is 2. The first-order valence-electron chi connectivity index (χ1n) is 12.9. The minimum absolute atomic E-state index is 0.0180. The molecule has 4 rings (SSSR count). The van der Waals surface area contributed by atoms with Gasteiger partial charge in [0.05, 0.1) is 17.7 Å². The number of esters is 1. The van der Waals surface area contributed by atoms with Crippen LogP contribution in [-0.2, 0) is 23.4 Å². The van der Waals surface area contributed by atoms with Crippen LogP contribution in [0.4, 0.5) is 14.6 Å². The molecule has 5 N–H and O–H groups in total. The number of carbonyl (C=O) groups is 1. The number of fused-ring (bicyclic) bond motifs is 1. The minimum Gasteiger partial charge on any atom is -0.462 e. The molecule has 234 valence electrons. The molecule has 0 saturated carbocycles. The number of nitrogens with zero attached hydrogens (tertiary/aromatic N) is 2. The topological polar surface area (TPSA) is 184 Å². The Morgan fingerprint density at radius 3 is 2.58 bits per heavy atom. The molecule has 2 aromatic carbocycles. The van der Waals surface area contributed by atoms with Crippen LogP contribution in [0.1, 0.15) is 27.0 Å². The number of aliphatic hydroxyl groups excluding tert-OH is 2.